The van der Waals surface area contributed by atoms with Crippen molar-refractivity contribution in [2.75, 3.05) is 19.6 Å². The second kappa shape index (κ2) is 5.97. The molecule has 1 fully saturated rings. The van der Waals surface area contributed by atoms with Gasteiger partial charge in [-0.3, -0.25) is 0 Å². The molecule has 0 spiro atoms. The molecule has 1 aliphatic carbocycles. The summed E-state index contributed by atoms with van der Waals surface area (Å²) in [6.45, 7) is 6.13. The van der Waals surface area contributed by atoms with E-state index in [0.717, 1.165) is 11.8 Å². The first kappa shape index (κ1) is 13.6. The molecule has 19 heavy (non-hydrogen) atoms. The van der Waals surface area contributed by atoms with Crippen molar-refractivity contribution in [1.82, 2.24) is 4.90 Å². The molecule has 2 aliphatic rings. The molecule has 1 nitrogen and oxygen atoms in total. The average Bonchev–Trinajstić information content (AvgIpc) is 2.43. The van der Waals surface area contributed by atoms with Crippen LogP contribution in [0.5, 0.6) is 0 Å². The van der Waals surface area contributed by atoms with Crippen molar-refractivity contribution < 1.29 is 0 Å². The Balaban J connectivity index is 1.68. The van der Waals surface area contributed by atoms with Crippen LogP contribution in [0.4, 0.5) is 0 Å². The quantitative estimate of drug-likeness (QED) is 0.737. The Labute approximate surface area is 125 Å². The lowest BCUT2D eigenvalue weighted by Crippen LogP contribution is -2.42. The third-order valence-electron chi connectivity index (χ3n) is 4.92. The number of rotatable bonds is 2. The monoisotopic (exact) mass is 321 g/mol. The Morgan fingerprint density at radius 2 is 2.11 bits per heavy atom. The summed E-state index contributed by atoms with van der Waals surface area (Å²) in [4.78, 5) is 3.35. The molecule has 1 aliphatic heterocycles. The first-order valence-corrected chi connectivity index (χ1v) is 8.60. The van der Waals surface area contributed by atoms with Crippen LogP contribution in [0.1, 0.15) is 43.2 Å². The van der Waals surface area contributed by atoms with Gasteiger partial charge >= 0.3 is 0 Å². The molecule has 1 aromatic rings. The lowest BCUT2D eigenvalue weighted by molar-refractivity contribution is 0.186. The summed E-state index contributed by atoms with van der Waals surface area (Å²) in [6, 6.07) is 9.09. The van der Waals surface area contributed by atoms with E-state index in [4.69, 9.17) is 0 Å². The first-order valence-electron chi connectivity index (χ1n) is 7.68. The van der Waals surface area contributed by atoms with Crippen LogP contribution in [0.3, 0.4) is 0 Å². The SMILES string of the molecule is CC1CCN(CC2CCCc3ccccc32)CC1Br. The van der Waals surface area contributed by atoms with Crippen LogP contribution in [0.25, 0.3) is 0 Å². The van der Waals surface area contributed by atoms with E-state index in [1.54, 1.807) is 11.1 Å². The van der Waals surface area contributed by atoms with Crippen LogP contribution in [0.2, 0.25) is 0 Å². The fourth-order valence-electron chi connectivity index (χ4n) is 3.61. The minimum Gasteiger partial charge on any atom is -0.302 e. The molecule has 1 heterocycles. The number of hydrogen-bond donors (Lipinski definition) is 0. The largest absolute Gasteiger partial charge is 0.302 e. The van der Waals surface area contributed by atoms with Gasteiger partial charge in [0.2, 0.25) is 0 Å². The van der Waals surface area contributed by atoms with Crippen molar-refractivity contribution >= 4 is 15.9 Å². The van der Waals surface area contributed by atoms with Gasteiger partial charge in [-0.25, -0.2) is 0 Å². The number of halogens is 1. The van der Waals surface area contributed by atoms with E-state index in [2.05, 4.69) is 52.0 Å². The van der Waals surface area contributed by atoms with Crippen LogP contribution in [-0.2, 0) is 6.42 Å². The summed E-state index contributed by atoms with van der Waals surface area (Å²) < 4.78 is 0. The Morgan fingerprint density at radius 1 is 1.26 bits per heavy atom. The highest BCUT2D eigenvalue weighted by Gasteiger charge is 2.27. The molecule has 0 aromatic heterocycles. The van der Waals surface area contributed by atoms with E-state index < -0.39 is 0 Å². The van der Waals surface area contributed by atoms with Gasteiger partial charge in [0.15, 0.2) is 0 Å². The lowest BCUT2D eigenvalue weighted by atomic mass is 9.82. The van der Waals surface area contributed by atoms with E-state index >= 15 is 0 Å². The van der Waals surface area contributed by atoms with Crippen molar-refractivity contribution in [3.8, 4) is 0 Å². The predicted octanol–water partition coefficient (Wildman–Crippen LogP) is 4.21. The molecule has 1 aromatic carbocycles. The highest BCUT2D eigenvalue weighted by molar-refractivity contribution is 9.09. The Morgan fingerprint density at radius 3 is 2.95 bits per heavy atom. The third kappa shape index (κ3) is 3.05. The predicted molar refractivity (Wildman–Crippen MR) is 85.1 cm³/mol. The average molecular weight is 322 g/mol. The van der Waals surface area contributed by atoms with Crippen molar-refractivity contribution in [2.45, 2.75) is 43.4 Å². The zero-order chi connectivity index (χ0) is 13.2. The summed E-state index contributed by atoms with van der Waals surface area (Å²) in [5, 5.41) is 0. The van der Waals surface area contributed by atoms with Crippen LogP contribution >= 0.6 is 15.9 Å². The molecule has 2 heteroatoms. The van der Waals surface area contributed by atoms with Crippen molar-refractivity contribution in [3.05, 3.63) is 35.4 Å². The maximum atomic E-state index is 3.85. The number of hydrogen-bond acceptors (Lipinski definition) is 1. The maximum absolute atomic E-state index is 3.85. The highest BCUT2D eigenvalue weighted by atomic mass is 79.9. The normalized spacial score (nSPS) is 32.0. The fraction of sp³-hybridized carbons (Fsp3) is 0.647. The molecule has 3 atom stereocenters. The molecule has 0 radical (unpaired) electrons. The molecule has 0 bridgehead atoms. The molecular weight excluding hydrogens is 298 g/mol. The molecule has 104 valence electrons. The smallest absolute Gasteiger partial charge is 0.0299 e. The molecular formula is C17H24BrN. The Kier molecular flexibility index (Phi) is 4.28. The summed E-state index contributed by atoms with van der Waals surface area (Å²) >= 11 is 3.85. The van der Waals surface area contributed by atoms with E-state index in [9.17, 15) is 0 Å². The van der Waals surface area contributed by atoms with Gasteiger partial charge in [0.25, 0.3) is 0 Å². The molecule has 3 rings (SSSR count). The van der Waals surface area contributed by atoms with Gasteiger partial charge in [-0.15, -0.1) is 0 Å². The number of piperidine rings is 1. The van der Waals surface area contributed by atoms with E-state index in [1.807, 2.05) is 0 Å². The van der Waals surface area contributed by atoms with Crippen LogP contribution in [-0.4, -0.2) is 29.4 Å². The number of alkyl halides is 1. The van der Waals surface area contributed by atoms with Crippen LogP contribution in [0, 0.1) is 5.92 Å². The first-order chi connectivity index (χ1) is 9.24. The third-order valence-corrected chi connectivity index (χ3v) is 6.11. The number of benzene rings is 1. The van der Waals surface area contributed by atoms with Gasteiger partial charge in [-0.2, -0.15) is 0 Å². The second-order valence-electron chi connectivity index (χ2n) is 6.33. The van der Waals surface area contributed by atoms with E-state index in [0.29, 0.717) is 4.83 Å². The number of likely N-dealkylation sites (tertiary alicyclic amines) is 1. The summed E-state index contributed by atoms with van der Waals surface area (Å²) in [5.41, 5.74) is 3.22. The van der Waals surface area contributed by atoms with Gasteiger partial charge in [0, 0.05) is 17.9 Å². The standard InChI is InChI=1S/C17H24BrN/c1-13-9-10-19(12-17(13)18)11-15-7-4-6-14-5-2-3-8-16(14)15/h2-3,5,8,13,15,17H,4,6-7,9-12H2,1H3. The summed E-state index contributed by atoms with van der Waals surface area (Å²) in [6.07, 6.45) is 5.36. The number of nitrogens with zero attached hydrogens (tertiary/aromatic N) is 1. The van der Waals surface area contributed by atoms with Crippen LogP contribution < -0.4 is 0 Å². The number of aryl methyl sites for hydroxylation is 1. The number of fused-ring (bicyclic) bond motifs is 1. The maximum Gasteiger partial charge on any atom is 0.0299 e. The minimum absolute atomic E-state index is 0.681. The second-order valence-corrected chi connectivity index (χ2v) is 7.51. The van der Waals surface area contributed by atoms with Gasteiger partial charge < -0.3 is 4.90 Å². The van der Waals surface area contributed by atoms with Crippen LogP contribution in [0.15, 0.2) is 24.3 Å². The topological polar surface area (TPSA) is 3.24 Å². The molecule has 0 saturated carbocycles. The molecule has 1 saturated heterocycles. The molecule has 0 amide bonds. The van der Waals surface area contributed by atoms with Gasteiger partial charge in [0.05, 0.1) is 0 Å². The Bertz CT molecular complexity index is 431. The van der Waals surface area contributed by atoms with Gasteiger partial charge in [0.1, 0.15) is 0 Å². The minimum atomic E-state index is 0.681. The Hall–Kier alpha value is -0.340. The van der Waals surface area contributed by atoms with Crippen molar-refractivity contribution in [3.63, 3.8) is 0 Å². The highest BCUT2D eigenvalue weighted by Crippen LogP contribution is 2.33. The lowest BCUT2D eigenvalue weighted by Gasteiger charge is -2.37. The zero-order valence-corrected chi connectivity index (χ0v) is 13.4. The summed E-state index contributed by atoms with van der Waals surface area (Å²) in [7, 11) is 0. The van der Waals surface area contributed by atoms with Gasteiger partial charge in [-0.1, -0.05) is 47.1 Å². The zero-order valence-electron chi connectivity index (χ0n) is 11.8. The van der Waals surface area contributed by atoms with E-state index in [1.165, 1.54) is 45.3 Å². The fourth-order valence-corrected chi connectivity index (χ4v) is 4.28. The molecule has 0 N–H and O–H groups in total. The van der Waals surface area contributed by atoms with Crippen molar-refractivity contribution in [1.29, 1.82) is 0 Å². The van der Waals surface area contributed by atoms with Crippen molar-refractivity contribution in [2.24, 2.45) is 5.92 Å². The molecule has 3 unspecified atom stereocenters. The summed E-state index contributed by atoms with van der Waals surface area (Å²) in [5.74, 6) is 1.59. The van der Waals surface area contributed by atoms with Gasteiger partial charge in [-0.05, 0) is 55.2 Å². The van der Waals surface area contributed by atoms with E-state index in [-0.39, 0.29) is 0 Å².